The Kier molecular flexibility index (Phi) is 6.00. The van der Waals surface area contributed by atoms with Gasteiger partial charge in [-0.15, -0.1) is 12.4 Å². The van der Waals surface area contributed by atoms with E-state index < -0.39 is 0 Å². The molecule has 1 aliphatic heterocycles. The number of hydrogen-bond donors (Lipinski definition) is 1. The molecule has 1 aromatic carbocycles. The average molecular weight is 321 g/mol. The quantitative estimate of drug-likeness (QED) is 0.942. The zero-order valence-electron chi connectivity index (χ0n) is 13.1. The molecule has 0 bridgehead atoms. The molecule has 2 N–H and O–H groups in total. The van der Waals surface area contributed by atoms with Crippen LogP contribution in [0.1, 0.15) is 25.3 Å². The van der Waals surface area contributed by atoms with Gasteiger partial charge in [0.1, 0.15) is 0 Å². The summed E-state index contributed by atoms with van der Waals surface area (Å²) in [6, 6.07) is 11.1. The number of benzene rings is 1. The molecule has 0 saturated carbocycles. The molecule has 1 saturated heterocycles. The van der Waals surface area contributed by atoms with Crippen molar-refractivity contribution in [1.82, 2.24) is 14.7 Å². The Hall–Kier alpha value is -1.36. The number of nitrogens with zero attached hydrogens (tertiary/aromatic N) is 3. The monoisotopic (exact) mass is 320 g/mol. The maximum atomic E-state index is 5.94. The summed E-state index contributed by atoms with van der Waals surface area (Å²) >= 11 is 0. The van der Waals surface area contributed by atoms with E-state index in [1.54, 1.807) is 6.20 Å². The van der Waals surface area contributed by atoms with Crippen LogP contribution in [0.25, 0.3) is 5.69 Å². The SMILES string of the molecule is CC1CCN(Cc2ccc(-n3cccn3)cc2)C(CN)C1.Cl. The third-order valence-corrected chi connectivity index (χ3v) is 4.46. The zero-order valence-corrected chi connectivity index (χ0v) is 13.9. The summed E-state index contributed by atoms with van der Waals surface area (Å²) < 4.78 is 1.88. The van der Waals surface area contributed by atoms with Crippen LogP contribution in [-0.2, 0) is 6.54 Å². The summed E-state index contributed by atoms with van der Waals surface area (Å²) in [5, 5.41) is 4.26. The molecule has 22 heavy (non-hydrogen) atoms. The van der Waals surface area contributed by atoms with Crippen LogP contribution in [0, 0.1) is 5.92 Å². The lowest BCUT2D eigenvalue weighted by atomic mass is 9.92. The Balaban J connectivity index is 0.00000176. The van der Waals surface area contributed by atoms with Gasteiger partial charge in [-0.25, -0.2) is 4.68 Å². The van der Waals surface area contributed by atoms with Crippen LogP contribution in [0.4, 0.5) is 0 Å². The molecule has 0 aliphatic carbocycles. The highest BCUT2D eigenvalue weighted by atomic mass is 35.5. The largest absolute Gasteiger partial charge is 0.329 e. The summed E-state index contributed by atoms with van der Waals surface area (Å²) in [6.45, 7) is 5.24. The van der Waals surface area contributed by atoms with Crippen molar-refractivity contribution in [2.24, 2.45) is 11.7 Å². The molecular weight excluding hydrogens is 296 g/mol. The molecule has 2 atom stereocenters. The van der Waals surface area contributed by atoms with E-state index in [0.29, 0.717) is 6.04 Å². The van der Waals surface area contributed by atoms with Crippen molar-refractivity contribution in [3.05, 3.63) is 48.3 Å². The molecule has 2 aromatic rings. The number of halogens is 1. The van der Waals surface area contributed by atoms with E-state index in [1.165, 1.54) is 18.4 Å². The third kappa shape index (κ3) is 3.88. The fourth-order valence-corrected chi connectivity index (χ4v) is 3.16. The molecule has 5 heteroatoms. The summed E-state index contributed by atoms with van der Waals surface area (Å²) in [7, 11) is 0. The summed E-state index contributed by atoms with van der Waals surface area (Å²) in [5.41, 5.74) is 8.39. The standard InChI is InChI=1S/C17H24N4.ClH/c1-14-7-10-20(17(11-14)12-18)13-15-3-5-16(6-4-15)21-9-2-8-19-21;/h2-6,8-9,14,17H,7,10-13,18H2,1H3;1H. The highest BCUT2D eigenvalue weighted by molar-refractivity contribution is 5.85. The maximum Gasteiger partial charge on any atom is 0.0645 e. The van der Waals surface area contributed by atoms with Crippen molar-refractivity contribution in [3.63, 3.8) is 0 Å². The topological polar surface area (TPSA) is 47.1 Å². The zero-order chi connectivity index (χ0) is 14.7. The molecule has 2 heterocycles. The first kappa shape index (κ1) is 17.0. The van der Waals surface area contributed by atoms with Gasteiger partial charge in [-0.3, -0.25) is 4.90 Å². The third-order valence-electron chi connectivity index (χ3n) is 4.46. The molecule has 4 nitrogen and oxygen atoms in total. The lowest BCUT2D eigenvalue weighted by molar-refractivity contribution is 0.115. The molecule has 2 unspecified atom stereocenters. The Morgan fingerprint density at radius 2 is 2.05 bits per heavy atom. The molecule has 1 aliphatic rings. The average Bonchev–Trinajstić information content (AvgIpc) is 3.04. The van der Waals surface area contributed by atoms with E-state index in [9.17, 15) is 0 Å². The van der Waals surface area contributed by atoms with Gasteiger partial charge in [-0.05, 0) is 49.1 Å². The van der Waals surface area contributed by atoms with Gasteiger partial charge in [-0.1, -0.05) is 19.1 Å². The second-order valence-corrected chi connectivity index (χ2v) is 6.11. The van der Waals surface area contributed by atoms with E-state index in [2.05, 4.69) is 41.2 Å². The van der Waals surface area contributed by atoms with E-state index in [0.717, 1.165) is 31.2 Å². The first-order valence-corrected chi connectivity index (χ1v) is 7.79. The number of nitrogens with two attached hydrogens (primary N) is 1. The summed E-state index contributed by atoms with van der Waals surface area (Å²) in [5.74, 6) is 0.803. The lowest BCUT2D eigenvalue weighted by Gasteiger charge is -2.38. The predicted molar refractivity (Wildman–Crippen MR) is 92.5 cm³/mol. The van der Waals surface area contributed by atoms with Crippen LogP contribution in [0.5, 0.6) is 0 Å². The second kappa shape index (κ2) is 7.77. The minimum Gasteiger partial charge on any atom is -0.329 e. The second-order valence-electron chi connectivity index (χ2n) is 6.11. The first-order chi connectivity index (χ1) is 10.3. The van der Waals surface area contributed by atoms with Gasteiger partial charge in [0.2, 0.25) is 0 Å². The van der Waals surface area contributed by atoms with Crippen LogP contribution < -0.4 is 5.73 Å². The van der Waals surface area contributed by atoms with Gasteiger partial charge in [0.15, 0.2) is 0 Å². The number of hydrogen-bond acceptors (Lipinski definition) is 3. The highest BCUT2D eigenvalue weighted by Gasteiger charge is 2.24. The van der Waals surface area contributed by atoms with Gasteiger partial charge in [-0.2, -0.15) is 5.10 Å². The maximum absolute atomic E-state index is 5.94. The molecule has 1 fully saturated rings. The molecule has 120 valence electrons. The highest BCUT2D eigenvalue weighted by Crippen LogP contribution is 2.23. The van der Waals surface area contributed by atoms with E-state index in [4.69, 9.17) is 5.73 Å². The van der Waals surface area contributed by atoms with Gasteiger partial charge in [0, 0.05) is 31.5 Å². The van der Waals surface area contributed by atoms with Crippen LogP contribution >= 0.6 is 12.4 Å². The summed E-state index contributed by atoms with van der Waals surface area (Å²) in [6.07, 6.45) is 6.27. The molecule has 1 aromatic heterocycles. The molecular formula is C17H25ClN4. The Labute approximate surface area is 138 Å². The van der Waals surface area contributed by atoms with Gasteiger partial charge < -0.3 is 5.73 Å². The number of rotatable bonds is 4. The van der Waals surface area contributed by atoms with Crippen molar-refractivity contribution >= 4 is 12.4 Å². The van der Waals surface area contributed by atoms with E-state index in [1.807, 2.05) is 16.9 Å². The van der Waals surface area contributed by atoms with Gasteiger partial charge >= 0.3 is 0 Å². The van der Waals surface area contributed by atoms with Crippen LogP contribution in [-0.4, -0.2) is 33.8 Å². The molecule has 0 amide bonds. The van der Waals surface area contributed by atoms with Gasteiger partial charge in [0.05, 0.1) is 5.69 Å². The van der Waals surface area contributed by atoms with Gasteiger partial charge in [0.25, 0.3) is 0 Å². The van der Waals surface area contributed by atoms with Crippen molar-refractivity contribution < 1.29 is 0 Å². The van der Waals surface area contributed by atoms with Crippen molar-refractivity contribution in [2.45, 2.75) is 32.4 Å². The molecule has 0 spiro atoms. The minimum atomic E-state index is 0. The number of likely N-dealkylation sites (tertiary alicyclic amines) is 1. The van der Waals surface area contributed by atoms with Crippen molar-refractivity contribution in [1.29, 1.82) is 0 Å². The fraction of sp³-hybridized carbons (Fsp3) is 0.471. The Morgan fingerprint density at radius 1 is 1.27 bits per heavy atom. The molecule has 3 rings (SSSR count). The lowest BCUT2D eigenvalue weighted by Crippen LogP contribution is -2.45. The summed E-state index contributed by atoms with van der Waals surface area (Å²) in [4.78, 5) is 2.53. The van der Waals surface area contributed by atoms with Crippen molar-refractivity contribution in [2.75, 3.05) is 13.1 Å². The number of piperidine rings is 1. The minimum absolute atomic E-state index is 0. The number of aromatic nitrogens is 2. The first-order valence-electron chi connectivity index (χ1n) is 7.79. The van der Waals surface area contributed by atoms with E-state index >= 15 is 0 Å². The predicted octanol–water partition coefficient (Wildman–Crippen LogP) is 2.85. The smallest absolute Gasteiger partial charge is 0.0645 e. The van der Waals surface area contributed by atoms with Crippen LogP contribution in [0.2, 0.25) is 0 Å². The van der Waals surface area contributed by atoms with Crippen LogP contribution in [0.3, 0.4) is 0 Å². The van der Waals surface area contributed by atoms with Crippen molar-refractivity contribution in [3.8, 4) is 5.69 Å². The van der Waals surface area contributed by atoms with Crippen LogP contribution in [0.15, 0.2) is 42.7 Å². The Morgan fingerprint density at radius 3 is 2.68 bits per heavy atom. The fourth-order valence-electron chi connectivity index (χ4n) is 3.16. The van der Waals surface area contributed by atoms with E-state index in [-0.39, 0.29) is 12.4 Å². The normalized spacial score (nSPS) is 22.3. The Bertz CT molecular complexity index is 553. The molecule has 0 radical (unpaired) electrons.